The Hall–Kier alpha value is -3.23. The molecule has 0 aliphatic carbocycles. The molecule has 5 rings (SSSR count). The second-order valence-corrected chi connectivity index (χ2v) is 9.07. The molecule has 0 radical (unpaired) electrons. The van der Waals surface area contributed by atoms with Crippen molar-refractivity contribution in [1.82, 2.24) is 19.7 Å². The van der Waals surface area contributed by atoms with E-state index < -0.39 is 5.63 Å². The van der Waals surface area contributed by atoms with Gasteiger partial charge in [-0.1, -0.05) is 46.9 Å². The van der Waals surface area contributed by atoms with E-state index >= 15 is 0 Å². The summed E-state index contributed by atoms with van der Waals surface area (Å²) in [5.74, 6) is 0.441. The minimum atomic E-state index is -0.559. The van der Waals surface area contributed by atoms with Gasteiger partial charge in [0.25, 0.3) is 0 Å². The summed E-state index contributed by atoms with van der Waals surface area (Å²) in [5.41, 5.74) is 2.63. The smallest absolute Gasteiger partial charge is 0.347 e. The molecule has 3 aromatic heterocycles. The highest BCUT2D eigenvalue weighted by Gasteiger charge is 2.20. The number of hydrogen-bond donors (Lipinski definition) is 0. The van der Waals surface area contributed by atoms with Crippen molar-refractivity contribution >= 4 is 45.7 Å². The first-order valence-electron chi connectivity index (χ1n) is 10.5. The first-order chi connectivity index (χ1) is 16.9. The number of hydrogen-bond acceptors (Lipinski definition) is 6. The van der Waals surface area contributed by atoms with Crippen molar-refractivity contribution in [1.29, 1.82) is 0 Å². The quantitative estimate of drug-likeness (QED) is 0.253. The minimum Gasteiger partial charge on any atom is -0.401 e. The van der Waals surface area contributed by atoms with Gasteiger partial charge in [0.1, 0.15) is 5.69 Å². The summed E-state index contributed by atoms with van der Waals surface area (Å²) < 4.78 is 12.9. The van der Waals surface area contributed by atoms with E-state index in [9.17, 15) is 4.79 Å². The van der Waals surface area contributed by atoms with E-state index in [1.807, 2.05) is 19.1 Å². The predicted octanol–water partition coefficient (Wildman–Crippen LogP) is 6.42. The first kappa shape index (κ1) is 23.5. The van der Waals surface area contributed by atoms with E-state index in [0.717, 1.165) is 11.1 Å². The molecule has 7 nitrogen and oxygen atoms in total. The molecule has 0 unspecified atom stereocenters. The lowest BCUT2D eigenvalue weighted by Gasteiger charge is -2.08. The molecule has 2 aromatic carbocycles. The number of fused-ring (bicyclic) bond motifs is 1. The van der Waals surface area contributed by atoms with Crippen LogP contribution in [0.15, 0.2) is 70.0 Å². The van der Waals surface area contributed by atoms with Crippen molar-refractivity contribution in [2.75, 3.05) is 0 Å². The molecule has 0 N–H and O–H groups in total. The van der Waals surface area contributed by atoms with Crippen molar-refractivity contribution in [3.8, 4) is 17.4 Å². The van der Waals surface area contributed by atoms with Crippen molar-refractivity contribution in [3.63, 3.8) is 0 Å². The van der Waals surface area contributed by atoms with Crippen LogP contribution in [0.25, 0.3) is 28.3 Å². The third-order valence-corrected chi connectivity index (χ3v) is 6.00. The molecule has 0 spiro atoms. The van der Waals surface area contributed by atoms with Crippen molar-refractivity contribution in [2.24, 2.45) is 0 Å². The van der Waals surface area contributed by atoms with Crippen LogP contribution in [0.2, 0.25) is 15.1 Å². The van der Waals surface area contributed by atoms with Gasteiger partial charge in [-0.15, -0.1) is 0 Å². The van der Waals surface area contributed by atoms with Gasteiger partial charge in [-0.2, -0.15) is 5.10 Å². The van der Waals surface area contributed by atoms with Crippen LogP contribution >= 0.6 is 34.8 Å². The highest BCUT2D eigenvalue weighted by molar-refractivity contribution is 6.32. The largest absolute Gasteiger partial charge is 0.401 e. The molecule has 176 valence electrons. The Morgan fingerprint density at radius 1 is 1.00 bits per heavy atom. The second kappa shape index (κ2) is 9.79. The van der Waals surface area contributed by atoms with Crippen LogP contribution in [0.3, 0.4) is 0 Å². The Labute approximate surface area is 214 Å². The average Bonchev–Trinajstić information content (AvgIpc) is 3.25. The van der Waals surface area contributed by atoms with E-state index in [2.05, 4.69) is 15.1 Å². The zero-order valence-electron chi connectivity index (χ0n) is 18.3. The maximum Gasteiger partial charge on any atom is 0.347 e. The SMILES string of the molecule is Cc1cc(Cl)cc2c(=O)oc(-c3cc(COCc4ccc(Cl)cc4)nn3-c3ncccc3Cl)nc12. The number of aryl methyl sites for hydroxylation is 1. The molecule has 0 fully saturated rings. The molecule has 0 saturated heterocycles. The summed E-state index contributed by atoms with van der Waals surface area (Å²) in [5, 5.41) is 6.37. The maximum atomic E-state index is 12.8. The lowest BCUT2D eigenvalue weighted by atomic mass is 10.1. The lowest BCUT2D eigenvalue weighted by Crippen LogP contribution is -2.08. The summed E-state index contributed by atoms with van der Waals surface area (Å²) in [7, 11) is 0. The molecule has 0 atom stereocenters. The van der Waals surface area contributed by atoms with E-state index in [0.29, 0.717) is 49.8 Å². The highest BCUT2D eigenvalue weighted by atomic mass is 35.5. The molecule has 3 heterocycles. The predicted molar refractivity (Wildman–Crippen MR) is 135 cm³/mol. The Morgan fingerprint density at radius 2 is 1.80 bits per heavy atom. The zero-order chi connectivity index (χ0) is 24.5. The van der Waals surface area contributed by atoms with Crippen LogP contribution in [0, 0.1) is 6.92 Å². The molecule has 0 aliphatic rings. The van der Waals surface area contributed by atoms with Gasteiger partial charge in [0, 0.05) is 16.2 Å². The zero-order valence-corrected chi connectivity index (χ0v) is 20.6. The summed E-state index contributed by atoms with van der Waals surface area (Å²) in [4.78, 5) is 21.7. The lowest BCUT2D eigenvalue weighted by molar-refractivity contribution is 0.104. The molecule has 0 saturated carbocycles. The summed E-state index contributed by atoms with van der Waals surface area (Å²) >= 11 is 18.5. The molecule has 0 bridgehead atoms. The van der Waals surface area contributed by atoms with Gasteiger partial charge >= 0.3 is 5.63 Å². The number of aromatic nitrogens is 4. The van der Waals surface area contributed by atoms with Crippen molar-refractivity contribution in [3.05, 3.63) is 103 Å². The van der Waals surface area contributed by atoms with Gasteiger partial charge in [-0.25, -0.2) is 19.4 Å². The van der Waals surface area contributed by atoms with Crippen LogP contribution in [0.4, 0.5) is 0 Å². The normalized spacial score (nSPS) is 11.3. The molecule has 35 heavy (non-hydrogen) atoms. The van der Waals surface area contributed by atoms with Gasteiger partial charge < -0.3 is 9.15 Å². The summed E-state index contributed by atoms with van der Waals surface area (Å²) in [6.07, 6.45) is 1.60. The third kappa shape index (κ3) is 4.94. The number of ether oxygens (including phenoxy) is 1. The number of pyridine rings is 1. The highest BCUT2D eigenvalue weighted by Crippen LogP contribution is 2.28. The number of halogens is 3. The molecule has 10 heteroatoms. The maximum absolute atomic E-state index is 12.8. The molecular weight excluding hydrogens is 511 g/mol. The Morgan fingerprint density at radius 3 is 2.57 bits per heavy atom. The molecule has 0 aliphatic heterocycles. The first-order valence-corrected chi connectivity index (χ1v) is 11.7. The van der Waals surface area contributed by atoms with E-state index in [-0.39, 0.29) is 12.5 Å². The van der Waals surface area contributed by atoms with E-state index in [4.69, 9.17) is 44.0 Å². The summed E-state index contributed by atoms with van der Waals surface area (Å²) in [6, 6.07) is 15.8. The van der Waals surface area contributed by atoms with Gasteiger partial charge in [0.2, 0.25) is 5.89 Å². The Balaban J connectivity index is 1.55. The van der Waals surface area contributed by atoms with Gasteiger partial charge in [-0.3, -0.25) is 0 Å². The Bertz CT molecular complexity index is 1600. The number of benzene rings is 2. The minimum absolute atomic E-state index is 0.0751. The van der Waals surface area contributed by atoms with Crippen molar-refractivity contribution in [2.45, 2.75) is 20.1 Å². The van der Waals surface area contributed by atoms with Crippen LogP contribution in [0.1, 0.15) is 16.8 Å². The third-order valence-electron chi connectivity index (χ3n) is 5.24. The van der Waals surface area contributed by atoms with Gasteiger partial charge in [0.05, 0.1) is 34.8 Å². The van der Waals surface area contributed by atoms with Gasteiger partial charge in [0.15, 0.2) is 5.82 Å². The monoisotopic (exact) mass is 526 g/mol. The van der Waals surface area contributed by atoms with E-state index in [1.165, 1.54) is 10.7 Å². The second-order valence-electron chi connectivity index (χ2n) is 7.79. The molecule has 5 aromatic rings. The van der Waals surface area contributed by atoms with Gasteiger partial charge in [-0.05, 0) is 60.5 Å². The van der Waals surface area contributed by atoms with E-state index in [1.54, 1.807) is 42.6 Å². The molecular formula is C25H17Cl3N4O3. The van der Waals surface area contributed by atoms with Crippen LogP contribution in [-0.2, 0) is 18.0 Å². The fourth-order valence-corrected chi connectivity index (χ4v) is 4.22. The van der Waals surface area contributed by atoms with Crippen LogP contribution < -0.4 is 5.63 Å². The fourth-order valence-electron chi connectivity index (χ4n) is 3.62. The summed E-state index contributed by atoms with van der Waals surface area (Å²) in [6.45, 7) is 2.39. The van der Waals surface area contributed by atoms with Crippen LogP contribution in [-0.4, -0.2) is 19.7 Å². The standard InChI is InChI=1S/C25H17Cl3N4O3/c1-14-9-17(27)10-19-22(14)30-24(35-25(19)33)21-11-18(13-34-12-15-4-6-16(26)7-5-15)31-32(21)23-20(28)3-2-8-29-23/h2-11H,12-13H2,1H3. The average molecular weight is 528 g/mol. The van der Waals surface area contributed by atoms with Crippen LogP contribution in [0.5, 0.6) is 0 Å². The Kier molecular flexibility index (Phi) is 6.58. The molecule has 0 amide bonds. The number of rotatable bonds is 6. The number of nitrogens with zero attached hydrogens (tertiary/aromatic N) is 4. The van der Waals surface area contributed by atoms with Crippen molar-refractivity contribution < 1.29 is 9.15 Å². The fraction of sp³-hybridized carbons (Fsp3) is 0.120. The topological polar surface area (TPSA) is 83.0 Å².